The van der Waals surface area contributed by atoms with E-state index in [1.54, 1.807) is 11.4 Å². The van der Waals surface area contributed by atoms with Crippen molar-refractivity contribution in [1.82, 2.24) is 0 Å². The predicted molar refractivity (Wildman–Crippen MR) is 104 cm³/mol. The van der Waals surface area contributed by atoms with Crippen molar-refractivity contribution in [2.24, 2.45) is 0 Å². The number of nitrogens with one attached hydrogen (secondary N) is 1. The first kappa shape index (κ1) is 17.3. The van der Waals surface area contributed by atoms with Crippen LogP contribution in [0, 0.1) is 0 Å². The summed E-state index contributed by atoms with van der Waals surface area (Å²) in [6, 6.07) is 18.0. The van der Waals surface area contributed by atoms with Gasteiger partial charge >= 0.3 is 12.1 Å². The maximum absolute atomic E-state index is 12.3. The van der Waals surface area contributed by atoms with Crippen LogP contribution in [-0.4, -0.2) is 23.8 Å². The number of benzene rings is 2. The van der Waals surface area contributed by atoms with Crippen LogP contribution in [0.2, 0.25) is 0 Å². The number of fused-ring (bicyclic) bond motifs is 3. The molecule has 1 aliphatic rings. The summed E-state index contributed by atoms with van der Waals surface area (Å²) in [7, 11) is 0. The summed E-state index contributed by atoms with van der Waals surface area (Å²) in [4.78, 5) is 23.7. The van der Waals surface area contributed by atoms with E-state index in [1.165, 1.54) is 22.5 Å². The molecule has 0 bridgehead atoms. The Labute approximate surface area is 160 Å². The second kappa shape index (κ2) is 7.25. The average molecular weight is 379 g/mol. The van der Waals surface area contributed by atoms with Gasteiger partial charge in [-0.3, -0.25) is 10.1 Å². The Balaban J connectivity index is 1.47. The summed E-state index contributed by atoms with van der Waals surface area (Å²) in [5.41, 5.74) is 5.12. The van der Waals surface area contributed by atoms with E-state index in [-0.39, 0.29) is 18.9 Å². The molecule has 6 heteroatoms. The van der Waals surface area contributed by atoms with E-state index in [2.05, 4.69) is 29.6 Å². The summed E-state index contributed by atoms with van der Waals surface area (Å²) in [6.07, 6.45) is -0.710. The number of hydrogen-bond donors (Lipinski definition) is 2. The Morgan fingerprint density at radius 3 is 2.26 bits per heavy atom. The molecular weight excluding hydrogens is 362 g/mol. The quantitative estimate of drug-likeness (QED) is 0.672. The molecule has 0 unspecified atom stereocenters. The van der Waals surface area contributed by atoms with Crippen molar-refractivity contribution in [2.75, 3.05) is 11.9 Å². The molecule has 1 amide bonds. The molecule has 0 fully saturated rings. The zero-order valence-electron chi connectivity index (χ0n) is 14.3. The molecule has 2 aromatic carbocycles. The first-order valence-electron chi connectivity index (χ1n) is 8.53. The third-order valence-electron chi connectivity index (χ3n) is 4.64. The Morgan fingerprint density at radius 2 is 1.63 bits per heavy atom. The van der Waals surface area contributed by atoms with Crippen molar-refractivity contribution in [3.8, 4) is 11.1 Å². The molecule has 0 atom stereocenters. The van der Waals surface area contributed by atoms with Crippen LogP contribution in [0.15, 0.2) is 60.0 Å². The summed E-state index contributed by atoms with van der Waals surface area (Å²) >= 11 is 1.29. The second-order valence-electron chi connectivity index (χ2n) is 6.28. The lowest BCUT2D eigenvalue weighted by Gasteiger charge is -2.14. The van der Waals surface area contributed by atoms with Crippen LogP contribution < -0.4 is 5.32 Å². The summed E-state index contributed by atoms with van der Waals surface area (Å²) in [6.45, 7) is 0.220. The Morgan fingerprint density at radius 1 is 1.00 bits per heavy atom. The molecule has 0 radical (unpaired) electrons. The van der Waals surface area contributed by atoms with Gasteiger partial charge in [-0.25, -0.2) is 4.79 Å². The van der Waals surface area contributed by atoms with Crippen LogP contribution in [-0.2, 0) is 16.0 Å². The van der Waals surface area contributed by atoms with Gasteiger partial charge in [-0.15, -0.1) is 11.3 Å². The highest BCUT2D eigenvalue weighted by molar-refractivity contribution is 7.10. The van der Waals surface area contributed by atoms with Gasteiger partial charge in [0.25, 0.3) is 0 Å². The van der Waals surface area contributed by atoms with Crippen LogP contribution in [0.3, 0.4) is 0 Å². The van der Waals surface area contributed by atoms with E-state index in [0.717, 1.165) is 11.1 Å². The highest BCUT2D eigenvalue weighted by Gasteiger charge is 2.29. The summed E-state index contributed by atoms with van der Waals surface area (Å²) in [5, 5.41) is 13.3. The number of carbonyl (C=O) groups excluding carboxylic acids is 1. The molecular formula is C21H17NO4S. The third-order valence-corrected chi connectivity index (χ3v) is 5.56. The predicted octanol–water partition coefficient (Wildman–Crippen LogP) is 4.74. The van der Waals surface area contributed by atoms with Gasteiger partial charge in [-0.1, -0.05) is 48.5 Å². The third kappa shape index (κ3) is 3.44. The highest BCUT2D eigenvalue weighted by Crippen LogP contribution is 2.44. The molecule has 27 heavy (non-hydrogen) atoms. The first-order valence-corrected chi connectivity index (χ1v) is 9.41. The number of ether oxygens (including phenoxy) is 1. The molecule has 5 nitrogen and oxygen atoms in total. The molecule has 3 aromatic rings. The number of aliphatic carboxylic acids is 1. The van der Waals surface area contributed by atoms with Gasteiger partial charge in [-0.2, -0.15) is 0 Å². The molecule has 4 rings (SSSR count). The molecule has 0 saturated heterocycles. The van der Waals surface area contributed by atoms with E-state index in [1.807, 2.05) is 24.3 Å². The van der Waals surface area contributed by atoms with Gasteiger partial charge in [-0.05, 0) is 33.7 Å². The number of anilines is 1. The lowest BCUT2D eigenvalue weighted by molar-refractivity contribution is -0.136. The zero-order valence-corrected chi connectivity index (χ0v) is 15.2. The summed E-state index contributed by atoms with van der Waals surface area (Å²) < 4.78 is 5.48. The normalized spacial score (nSPS) is 12.3. The molecule has 1 heterocycles. The van der Waals surface area contributed by atoms with E-state index >= 15 is 0 Å². The van der Waals surface area contributed by atoms with Crippen molar-refractivity contribution in [3.05, 3.63) is 76.0 Å². The Bertz CT molecular complexity index is 965. The minimum absolute atomic E-state index is 0.0101. The fourth-order valence-corrected chi connectivity index (χ4v) is 4.29. The van der Waals surface area contributed by atoms with Gasteiger partial charge in [0, 0.05) is 10.8 Å². The first-order chi connectivity index (χ1) is 13.1. The SMILES string of the molecule is O=C(O)Cc1sccc1NC(=O)OCC1c2ccccc2-c2ccccc21. The molecule has 1 aromatic heterocycles. The molecule has 0 spiro atoms. The summed E-state index contributed by atoms with van der Waals surface area (Å²) in [5.74, 6) is -0.947. The maximum Gasteiger partial charge on any atom is 0.411 e. The fourth-order valence-electron chi connectivity index (χ4n) is 3.47. The second-order valence-corrected chi connectivity index (χ2v) is 7.28. The standard InChI is InChI=1S/C21H17NO4S/c23-20(24)11-19-18(9-10-27-19)22-21(25)26-12-17-15-7-3-1-5-13(15)14-6-2-4-8-16(14)17/h1-10,17H,11-12H2,(H,22,25)(H,23,24). The van der Waals surface area contributed by atoms with Crippen molar-refractivity contribution in [2.45, 2.75) is 12.3 Å². The number of thiophene rings is 1. The fraction of sp³-hybridized carbons (Fsp3) is 0.143. The Hall–Kier alpha value is -3.12. The lowest BCUT2D eigenvalue weighted by atomic mass is 9.98. The van der Waals surface area contributed by atoms with Crippen molar-refractivity contribution < 1.29 is 19.4 Å². The number of carbonyl (C=O) groups is 2. The Kier molecular flexibility index (Phi) is 4.64. The number of carboxylic acids is 1. The van der Waals surface area contributed by atoms with Crippen molar-refractivity contribution in [3.63, 3.8) is 0 Å². The number of amides is 1. The molecule has 2 N–H and O–H groups in total. The van der Waals surface area contributed by atoms with Crippen molar-refractivity contribution in [1.29, 1.82) is 0 Å². The molecule has 0 aliphatic heterocycles. The molecule has 0 saturated carbocycles. The van der Waals surface area contributed by atoms with Gasteiger partial charge in [0.05, 0.1) is 12.1 Å². The number of carboxylic acid groups (broad SMARTS) is 1. The smallest absolute Gasteiger partial charge is 0.411 e. The van der Waals surface area contributed by atoms with Gasteiger partial charge in [0.1, 0.15) is 6.61 Å². The maximum atomic E-state index is 12.3. The van der Waals surface area contributed by atoms with Crippen molar-refractivity contribution >= 4 is 29.1 Å². The zero-order chi connectivity index (χ0) is 18.8. The largest absolute Gasteiger partial charge is 0.481 e. The highest BCUT2D eigenvalue weighted by atomic mass is 32.1. The van der Waals surface area contributed by atoms with Crippen LogP contribution in [0.25, 0.3) is 11.1 Å². The van der Waals surface area contributed by atoms with Crippen LogP contribution >= 0.6 is 11.3 Å². The average Bonchev–Trinajstić information content (AvgIpc) is 3.22. The monoisotopic (exact) mass is 379 g/mol. The van der Waals surface area contributed by atoms with Gasteiger partial charge in [0.2, 0.25) is 0 Å². The topological polar surface area (TPSA) is 75.6 Å². The van der Waals surface area contributed by atoms with Crippen LogP contribution in [0.1, 0.15) is 21.9 Å². The van der Waals surface area contributed by atoms with E-state index in [9.17, 15) is 9.59 Å². The number of rotatable bonds is 5. The molecule has 1 aliphatic carbocycles. The van der Waals surface area contributed by atoms with Gasteiger partial charge in [0.15, 0.2) is 0 Å². The number of hydrogen-bond acceptors (Lipinski definition) is 4. The lowest BCUT2D eigenvalue weighted by Crippen LogP contribution is -2.18. The minimum Gasteiger partial charge on any atom is -0.481 e. The minimum atomic E-state index is -0.937. The molecule has 136 valence electrons. The van der Waals surface area contributed by atoms with E-state index in [4.69, 9.17) is 9.84 Å². The van der Waals surface area contributed by atoms with E-state index < -0.39 is 12.1 Å². The van der Waals surface area contributed by atoms with Gasteiger partial charge < -0.3 is 9.84 Å². The van der Waals surface area contributed by atoms with Crippen LogP contribution in [0.4, 0.5) is 10.5 Å². The van der Waals surface area contributed by atoms with Crippen LogP contribution in [0.5, 0.6) is 0 Å². The van der Waals surface area contributed by atoms with E-state index in [0.29, 0.717) is 10.6 Å².